The molecule has 20 heavy (non-hydrogen) atoms. The molecule has 1 aliphatic rings. The molecule has 1 amide bonds. The molecule has 2 rings (SSSR count). The number of amides is 1. The van der Waals surface area contributed by atoms with E-state index in [4.69, 9.17) is 5.11 Å². The Hall–Kier alpha value is -1.53. The van der Waals surface area contributed by atoms with E-state index in [9.17, 15) is 13.6 Å². The van der Waals surface area contributed by atoms with Crippen LogP contribution in [0.2, 0.25) is 0 Å². The van der Waals surface area contributed by atoms with Crippen LogP contribution in [0.25, 0.3) is 0 Å². The van der Waals surface area contributed by atoms with E-state index in [1.54, 1.807) is 4.90 Å². The SMILES string of the molecule is O=C(Cc1ccc(F)cc1F)N1CCN(CCO)CC1. The van der Waals surface area contributed by atoms with E-state index in [1.807, 2.05) is 0 Å². The van der Waals surface area contributed by atoms with E-state index in [2.05, 4.69) is 4.90 Å². The molecule has 1 N–H and O–H groups in total. The van der Waals surface area contributed by atoms with Crippen molar-refractivity contribution in [2.45, 2.75) is 6.42 Å². The van der Waals surface area contributed by atoms with Crippen LogP contribution in [0.3, 0.4) is 0 Å². The van der Waals surface area contributed by atoms with Gasteiger partial charge in [-0.2, -0.15) is 0 Å². The highest BCUT2D eigenvalue weighted by Gasteiger charge is 2.21. The molecule has 0 aliphatic carbocycles. The Morgan fingerprint density at radius 3 is 2.50 bits per heavy atom. The molecule has 1 fully saturated rings. The third-order valence-corrected chi connectivity index (χ3v) is 3.50. The lowest BCUT2D eigenvalue weighted by Gasteiger charge is -2.34. The highest BCUT2D eigenvalue weighted by Crippen LogP contribution is 2.12. The number of hydrogen-bond acceptors (Lipinski definition) is 3. The van der Waals surface area contributed by atoms with Crippen LogP contribution in [0.1, 0.15) is 5.56 Å². The van der Waals surface area contributed by atoms with Gasteiger partial charge in [-0.25, -0.2) is 8.78 Å². The number of carbonyl (C=O) groups is 1. The fourth-order valence-corrected chi connectivity index (χ4v) is 2.30. The zero-order valence-corrected chi connectivity index (χ0v) is 11.2. The normalized spacial score (nSPS) is 16.4. The maximum Gasteiger partial charge on any atom is 0.227 e. The van der Waals surface area contributed by atoms with Gasteiger partial charge in [0.2, 0.25) is 5.91 Å². The summed E-state index contributed by atoms with van der Waals surface area (Å²) in [6.45, 7) is 3.27. The van der Waals surface area contributed by atoms with Crippen molar-refractivity contribution in [3.8, 4) is 0 Å². The van der Waals surface area contributed by atoms with Crippen LogP contribution in [0.4, 0.5) is 8.78 Å². The first-order valence-electron chi connectivity index (χ1n) is 6.65. The largest absolute Gasteiger partial charge is 0.395 e. The van der Waals surface area contributed by atoms with Gasteiger partial charge in [-0.1, -0.05) is 6.07 Å². The number of halogens is 2. The van der Waals surface area contributed by atoms with Gasteiger partial charge in [0.25, 0.3) is 0 Å². The summed E-state index contributed by atoms with van der Waals surface area (Å²) in [6.07, 6.45) is -0.0495. The van der Waals surface area contributed by atoms with Crippen molar-refractivity contribution < 1.29 is 18.7 Å². The minimum atomic E-state index is -0.683. The number of nitrogens with zero attached hydrogens (tertiary/aromatic N) is 2. The van der Waals surface area contributed by atoms with Crippen molar-refractivity contribution in [3.05, 3.63) is 35.4 Å². The molecule has 0 bridgehead atoms. The summed E-state index contributed by atoms with van der Waals surface area (Å²) in [5.74, 6) is -1.48. The van der Waals surface area contributed by atoms with Crippen LogP contribution in [-0.4, -0.2) is 60.1 Å². The number of benzene rings is 1. The lowest BCUT2D eigenvalue weighted by molar-refractivity contribution is -0.132. The molecule has 1 aromatic carbocycles. The molecular formula is C14H18F2N2O2. The van der Waals surface area contributed by atoms with Gasteiger partial charge in [-0.05, 0) is 11.6 Å². The molecule has 0 aromatic heterocycles. The van der Waals surface area contributed by atoms with Gasteiger partial charge in [0.1, 0.15) is 11.6 Å². The van der Waals surface area contributed by atoms with Crippen LogP contribution in [-0.2, 0) is 11.2 Å². The van der Waals surface area contributed by atoms with Crippen LogP contribution < -0.4 is 0 Å². The minimum absolute atomic E-state index is 0.0495. The summed E-state index contributed by atoms with van der Waals surface area (Å²) in [6, 6.07) is 3.26. The number of aliphatic hydroxyl groups excluding tert-OH is 1. The monoisotopic (exact) mass is 284 g/mol. The second-order valence-electron chi connectivity index (χ2n) is 4.86. The van der Waals surface area contributed by atoms with E-state index >= 15 is 0 Å². The fraction of sp³-hybridized carbons (Fsp3) is 0.500. The second kappa shape index (κ2) is 6.76. The number of aliphatic hydroxyl groups is 1. The van der Waals surface area contributed by atoms with Crippen LogP contribution in [0.5, 0.6) is 0 Å². The van der Waals surface area contributed by atoms with Crippen LogP contribution >= 0.6 is 0 Å². The van der Waals surface area contributed by atoms with E-state index in [0.29, 0.717) is 32.7 Å². The maximum absolute atomic E-state index is 13.5. The standard InChI is InChI=1S/C14H18F2N2O2/c15-12-2-1-11(13(16)10-12)9-14(20)18-5-3-17(4-6-18)7-8-19/h1-2,10,19H,3-9H2. The molecule has 1 aromatic rings. The van der Waals surface area contributed by atoms with Crippen molar-refractivity contribution in [1.29, 1.82) is 0 Å². The first-order chi connectivity index (χ1) is 9.60. The Kier molecular flexibility index (Phi) is 5.03. The fourth-order valence-electron chi connectivity index (χ4n) is 2.30. The quantitative estimate of drug-likeness (QED) is 0.882. The van der Waals surface area contributed by atoms with Gasteiger partial charge >= 0.3 is 0 Å². The van der Waals surface area contributed by atoms with E-state index in [1.165, 1.54) is 6.07 Å². The topological polar surface area (TPSA) is 43.8 Å². The van der Waals surface area contributed by atoms with Gasteiger partial charge in [0.05, 0.1) is 13.0 Å². The molecule has 1 saturated heterocycles. The molecule has 0 saturated carbocycles. The van der Waals surface area contributed by atoms with Gasteiger partial charge in [0, 0.05) is 38.8 Å². The summed E-state index contributed by atoms with van der Waals surface area (Å²) in [4.78, 5) is 15.8. The van der Waals surface area contributed by atoms with Crippen molar-refractivity contribution >= 4 is 5.91 Å². The average Bonchev–Trinajstić information content (AvgIpc) is 2.43. The van der Waals surface area contributed by atoms with Crippen molar-refractivity contribution in [3.63, 3.8) is 0 Å². The van der Waals surface area contributed by atoms with E-state index in [0.717, 1.165) is 12.1 Å². The highest BCUT2D eigenvalue weighted by molar-refractivity contribution is 5.79. The zero-order valence-electron chi connectivity index (χ0n) is 11.2. The summed E-state index contributed by atoms with van der Waals surface area (Å²) in [5.41, 5.74) is 0.217. The molecule has 1 aliphatic heterocycles. The van der Waals surface area contributed by atoms with Crippen LogP contribution in [0, 0.1) is 11.6 Å². The van der Waals surface area contributed by atoms with Crippen molar-refractivity contribution in [2.75, 3.05) is 39.3 Å². The molecule has 0 atom stereocenters. The first-order valence-corrected chi connectivity index (χ1v) is 6.65. The summed E-state index contributed by atoms with van der Waals surface area (Å²) in [5, 5.41) is 8.85. The first kappa shape index (κ1) is 14.9. The third kappa shape index (κ3) is 3.74. The summed E-state index contributed by atoms with van der Waals surface area (Å²) < 4.78 is 26.3. The number of β-amino-alcohol motifs (C(OH)–C–C–N with tert-alkyl or cyclic N) is 1. The third-order valence-electron chi connectivity index (χ3n) is 3.50. The maximum atomic E-state index is 13.5. The van der Waals surface area contributed by atoms with Gasteiger partial charge in [0.15, 0.2) is 0 Å². The smallest absolute Gasteiger partial charge is 0.227 e. The van der Waals surface area contributed by atoms with Crippen molar-refractivity contribution in [2.24, 2.45) is 0 Å². The number of piperazine rings is 1. The molecule has 110 valence electrons. The molecule has 0 radical (unpaired) electrons. The number of hydrogen-bond donors (Lipinski definition) is 1. The number of carbonyl (C=O) groups excluding carboxylic acids is 1. The van der Waals surface area contributed by atoms with Gasteiger partial charge < -0.3 is 10.0 Å². The lowest BCUT2D eigenvalue weighted by atomic mass is 10.1. The van der Waals surface area contributed by atoms with Gasteiger partial charge in [-0.3, -0.25) is 9.69 Å². The molecule has 6 heteroatoms. The Labute approximate surface area is 116 Å². The summed E-state index contributed by atoms with van der Waals surface area (Å²) >= 11 is 0. The Balaban J connectivity index is 1.89. The lowest BCUT2D eigenvalue weighted by Crippen LogP contribution is -2.49. The summed E-state index contributed by atoms with van der Waals surface area (Å²) in [7, 11) is 0. The van der Waals surface area contributed by atoms with Crippen LogP contribution in [0.15, 0.2) is 18.2 Å². The van der Waals surface area contributed by atoms with E-state index < -0.39 is 11.6 Å². The highest BCUT2D eigenvalue weighted by atomic mass is 19.1. The average molecular weight is 284 g/mol. The molecule has 0 spiro atoms. The Morgan fingerprint density at radius 1 is 1.20 bits per heavy atom. The molecular weight excluding hydrogens is 266 g/mol. The minimum Gasteiger partial charge on any atom is -0.395 e. The van der Waals surface area contributed by atoms with E-state index in [-0.39, 0.29) is 24.5 Å². The zero-order chi connectivity index (χ0) is 14.5. The number of rotatable bonds is 4. The molecule has 1 heterocycles. The molecule has 4 nitrogen and oxygen atoms in total. The second-order valence-corrected chi connectivity index (χ2v) is 4.86. The predicted molar refractivity (Wildman–Crippen MR) is 70.2 cm³/mol. The predicted octanol–water partition coefficient (Wildman–Crippen LogP) is 0.644. The Bertz CT molecular complexity index is 474. The van der Waals surface area contributed by atoms with Crippen molar-refractivity contribution in [1.82, 2.24) is 9.80 Å². The van der Waals surface area contributed by atoms with Gasteiger partial charge in [-0.15, -0.1) is 0 Å². The Morgan fingerprint density at radius 2 is 1.90 bits per heavy atom. The molecule has 0 unspecified atom stereocenters.